The minimum Gasteiger partial charge on any atom is -0.325 e. The second-order valence-corrected chi connectivity index (χ2v) is 7.61. The summed E-state index contributed by atoms with van der Waals surface area (Å²) in [6.07, 6.45) is 0. The maximum Gasteiger partial charge on any atom is 0.243 e. The fourth-order valence-corrected chi connectivity index (χ4v) is 3.22. The van der Waals surface area contributed by atoms with Crippen molar-refractivity contribution < 1.29 is 17.6 Å². The van der Waals surface area contributed by atoms with Crippen LogP contribution >= 0.6 is 0 Å². The molecule has 0 fully saturated rings. The summed E-state index contributed by atoms with van der Waals surface area (Å²) < 4.78 is 38.6. The van der Waals surface area contributed by atoms with E-state index in [0.29, 0.717) is 5.69 Å². The van der Waals surface area contributed by atoms with Crippen molar-refractivity contribution in [3.05, 3.63) is 59.4 Å². The number of nitrogens with zero attached hydrogens (tertiary/aromatic N) is 1. The van der Waals surface area contributed by atoms with Gasteiger partial charge in [-0.05, 0) is 61.4 Å². The lowest BCUT2D eigenvalue weighted by atomic mass is 10.1. The van der Waals surface area contributed by atoms with Gasteiger partial charge in [0, 0.05) is 12.7 Å². The third-order valence-electron chi connectivity index (χ3n) is 3.68. The van der Waals surface area contributed by atoms with Crippen LogP contribution < -0.4 is 5.32 Å². The molecular weight excluding hydrogens is 331 g/mol. The minimum absolute atomic E-state index is 0.0645. The molecule has 0 heterocycles. The first-order chi connectivity index (χ1) is 11.2. The summed E-state index contributed by atoms with van der Waals surface area (Å²) in [4.78, 5) is 12.0. The highest BCUT2D eigenvalue weighted by atomic mass is 32.2. The van der Waals surface area contributed by atoms with Crippen molar-refractivity contribution in [1.29, 1.82) is 0 Å². The van der Waals surface area contributed by atoms with Gasteiger partial charge in [0.1, 0.15) is 5.82 Å². The van der Waals surface area contributed by atoms with E-state index in [4.69, 9.17) is 0 Å². The van der Waals surface area contributed by atoms with Crippen molar-refractivity contribution in [1.82, 2.24) is 4.31 Å². The molecule has 1 amide bonds. The first-order valence-corrected chi connectivity index (χ1v) is 8.73. The average molecular weight is 350 g/mol. The molecule has 1 N–H and O–H groups in total. The summed E-state index contributed by atoms with van der Waals surface area (Å²) in [5.41, 5.74) is 2.74. The molecule has 0 radical (unpaired) electrons. The molecule has 2 rings (SSSR count). The van der Waals surface area contributed by atoms with Crippen LogP contribution in [0, 0.1) is 19.7 Å². The number of carbonyl (C=O) groups excluding carboxylic acids is 1. The van der Waals surface area contributed by atoms with Crippen molar-refractivity contribution in [3.63, 3.8) is 0 Å². The SMILES string of the molecule is Cc1ccc(NC(=O)CN(C)S(=O)(=O)c2ccc(F)cc2)cc1C. The summed E-state index contributed by atoms with van der Waals surface area (Å²) in [6.45, 7) is 3.55. The van der Waals surface area contributed by atoms with Crippen LogP contribution in [0.25, 0.3) is 0 Å². The summed E-state index contributed by atoms with van der Waals surface area (Å²) in [5, 5.41) is 2.67. The quantitative estimate of drug-likeness (QED) is 0.902. The third kappa shape index (κ3) is 4.18. The predicted molar refractivity (Wildman–Crippen MR) is 90.8 cm³/mol. The molecule has 2 aromatic carbocycles. The Morgan fingerprint density at radius 3 is 2.29 bits per heavy atom. The Labute approximate surface area is 141 Å². The van der Waals surface area contributed by atoms with Crippen LogP contribution in [0.4, 0.5) is 10.1 Å². The number of likely N-dealkylation sites (N-methyl/N-ethyl adjacent to an activating group) is 1. The number of hydrogen-bond donors (Lipinski definition) is 1. The molecule has 0 atom stereocenters. The predicted octanol–water partition coefficient (Wildman–Crippen LogP) is 2.70. The molecule has 0 spiro atoms. The highest BCUT2D eigenvalue weighted by molar-refractivity contribution is 7.89. The smallest absolute Gasteiger partial charge is 0.243 e. The van der Waals surface area contributed by atoms with E-state index in [1.54, 1.807) is 6.07 Å². The topological polar surface area (TPSA) is 66.5 Å². The van der Waals surface area contributed by atoms with Gasteiger partial charge in [0.05, 0.1) is 11.4 Å². The number of anilines is 1. The van der Waals surface area contributed by atoms with E-state index >= 15 is 0 Å². The van der Waals surface area contributed by atoms with Gasteiger partial charge in [-0.15, -0.1) is 0 Å². The molecule has 7 heteroatoms. The van der Waals surface area contributed by atoms with Crippen molar-refractivity contribution >= 4 is 21.6 Å². The van der Waals surface area contributed by atoms with Crippen LogP contribution in [-0.4, -0.2) is 32.2 Å². The number of aryl methyl sites for hydroxylation is 2. The Bertz CT molecular complexity index is 849. The lowest BCUT2D eigenvalue weighted by molar-refractivity contribution is -0.116. The van der Waals surface area contributed by atoms with Crippen molar-refractivity contribution in [3.8, 4) is 0 Å². The number of sulfonamides is 1. The summed E-state index contributed by atoms with van der Waals surface area (Å²) in [5.74, 6) is -0.976. The van der Waals surface area contributed by atoms with Gasteiger partial charge in [-0.2, -0.15) is 4.31 Å². The van der Waals surface area contributed by atoms with Gasteiger partial charge in [-0.1, -0.05) is 6.07 Å². The van der Waals surface area contributed by atoms with E-state index in [0.717, 1.165) is 27.6 Å². The Morgan fingerprint density at radius 1 is 1.08 bits per heavy atom. The monoisotopic (exact) mass is 350 g/mol. The summed E-state index contributed by atoms with van der Waals surface area (Å²) in [6, 6.07) is 9.93. The standard InChI is InChI=1S/C17H19FN2O3S/c1-12-4-7-15(10-13(12)2)19-17(21)11-20(3)24(22,23)16-8-5-14(18)6-9-16/h4-10H,11H2,1-3H3,(H,19,21). The number of nitrogens with one attached hydrogen (secondary N) is 1. The molecule has 24 heavy (non-hydrogen) atoms. The molecule has 0 bridgehead atoms. The molecular formula is C17H19FN2O3S. The Balaban J connectivity index is 2.07. The minimum atomic E-state index is -3.85. The fourth-order valence-electron chi connectivity index (χ4n) is 2.09. The first kappa shape index (κ1) is 18.1. The van der Waals surface area contributed by atoms with E-state index in [9.17, 15) is 17.6 Å². The Morgan fingerprint density at radius 2 is 1.71 bits per heavy atom. The zero-order valence-corrected chi connectivity index (χ0v) is 14.5. The van der Waals surface area contributed by atoms with Crippen molar-refractivity contribution in [2.24, 2.45) is 0 Å². The van der Waals surface area contributed by atoms with Crippen molar-refractivity contribution in [2.75, 3.05) is 18.9 Å². The van der Waals surface area contributed by atoms with Crippen molar-refractivity contribution in [2.45, 2.75) is 18.7 Å². The zero-order chi connectivity index (χ0) is 17.9. The van der Waals surface area contributed by atoms with Gasteiger partial charge in [-0.25, -0.2) is 12.8 Å². The third-order valence-corrected chi connectivity index (χ3v) is 5.50. The molecule has 0 saturated heterocycles. The molecule has 128 valence electrons. The molecule has 0 unspecified atom stereocenters. The normalized spacial score (nSPS) is 11.5. The van der Waals surface area contributed by atoms with Gasteiger partial charge in [0.2, 0.25) is 15.9 Å². The van der Waals surface area contributed by atoms with Gasteiger partial charge >= 0.3 is 0 Å². The second-order valence-electron chi connectivity index (χ2n) is 5.56. The van der Waals surface area contributed by atoms with Gasteiger partial charge in [0.25, 0.3) is 0 Å². The fraction of sp³-hybridized carbons (Fsp3) is 0.235. The van der Waals surface area contributed by atoms with E-state index in [1.807, 2.05) is 26.0 Å². The van der Waals surface area contributed by atoms with Crippen LogP contribution in [0.15, 0.2) is 47.4 Å². The lowest BCUT2D eigenvalue weighted by Crippen LogP contribution is -2.35. The lowest BCUT2D eigenvalue weighted by Gasteiger charge is -2.17. The average Bonchev–Trinajstić information content (AvgIpc) is 2.51. The molecule has 5 nitrogen and oxygen atoms in total. The first-order valence-electron chi connectivity index (χ1n) is 7.29. The number of hydrogen-bond acceptors (Lipinski definition) is 3. The van der Waals surface area contributed by atoms with E-state index in [2.05, 4.69) is 5.32 Å². The number of amides is 1. The maximum atomic E-state index is 12.9. The van der Waals surface area contributed by atoms with Gasteiger partial charge < -0.3 is 5.32 Å². The number of rotatable bonds is 5. The Kier molecular flexibility index (Phi) is 5.36. The number of benzene rings is 2. The van der Waals surface area contributed by atoms with Gasteiger partial charge in [0.15, 0.2) is 0 Å². The largest absolute Gasteiger partial charge is 0.325 e. The van der Waals surface area contributed by atoms with E-state index in [1.165, 1.54) is 19.2 Å². The van der Waals surface area contributed by atoms with E-state index in [-0.39, 0.29) is 11.4 Å². The molecule has 2 aromatic rings. The maximum absolute atomic E-state index is 12.9. The van der Waals surface area contributed by atoms with E-state index < -0.39 is 21.7 Å². The summed E-state index contributed by atoms with van der Waals surface area (Å²) in [7, 11) is -2.55. The number of halogens is 1. The van der Waals surface area contributed by atoms with Crippen LogP contribution in [0.5, 0.6) is 0 Å². The summed E-state index contributed by atoms with van der Waals surface area (Å²) >= 11 is 0. The number of carbonyl (C=O) groups is 1. The molecule has 0 aromatic heterocycles. The van der Waals surface area contributed by atoms with Crippen LogP contribution in [0.3, 0.4) is 0 Å². The zero-order valence-electron chi connectivity index (χ0n) is 13.7. The molecule has 0 aliphatic carbocycles. The highest BCUT2D eigenvalue weighted by Crippen LogP contribution is 2.16. The second kappa shape index (κ2) is 7.11. The van der Waals surface area contributed by atoms with Gasteiger partial charge in [-0.3, -0.25) is 4.79 Å². The molecule has 0 saturated carbocycles. The van der Waals surface area contributed by atoms with Crippen LogP contribution in [0.1, 0.15) is 11.1 Å². The van der Waals surface area contributed by atoms with Crippen LogP contribution in [0.2, 0.25) is 0 Å². The van der Waals surface area contributed by atoms with Crippen LogP contribution in [-0.2, 0) is 14.8 Å². The Hall–Kier alpha value is -2.25. The molecule has 0 aliphatic heterocycles. The molecule has 0 aliphatic rings. The highest BCUT2D eigenvalue weighted by Gasteiger charge is 2.23.